The minimum atomic E-state index is -1.89. The third-order valence-corrected chi connectivity index (χ3v) is 10.9. The molecule has 0 aliphatic rings. The first-order chi connectivity index (χ1) is 27.1. The van der Waals surface area contributed by atoms with Crippen LogP contribution in [-0.2, 0) is 15.1 Å². The molecule has 0 aliphatic heterocycles. The fourth-order valence-corrected chi connectivity index (χ4v) is 7.86. The van der Waals surface area contributed by atoms with Crippen LogP contribution in [0.5, 0.6) is 0 Å². The summed E-state index contributed by atoms with van der Waals surface area (Å²) < 4.78 is 0. The molecule has 3 atom stereocenters. The molecule has 0 fully saturated rings. The fraction of sp³-hybridized carbons (Fsp3) is 0.104. The molecule has 0 radical (unpaired) electrons. The zero-order valence-corrected chi connectivity index (χ0v) is 36.0. The van der Waals surface area contributed by atoms with E-state index in [0.29, 0.717) is 11.1 Å². The molecule has 0 aliphatic carbocycles. The van der Waals surface area contributed by atoms with Crippen LogP contribution in [0, 0.1) is 121 Å². The van der Waals surface area contributed by atoms with Gasteiger partial charge in [-0.25, -0.2) is 0 Å². The molecule has 3 unspecified atom stereocenters. The van der Waals surface area contributed by atoms with Gasteiger partial charge >= 0.3 is 34.5 Å². The van der Waals surface area contributed by atoms with Gasteiger partial charge in [-0.15, -0.1) is 19.3 Å². The summed E-state index contributed by atoms with van der Waals surface area (Å²) in [5.41, 5.74) is 26.9. The van der Waals surface area contributed by atoms with Gasteiger partial charge in [0.25, 0.3) is 0 Å². The summed E-state index contributed by atoms with van der Waals surface area (Å²) in [6, 6.07) is 31.0. The van der Waals surface area contributed by atoms with E-state index in [1.807, 2.05) is 118 Å². The van der Waals surface area contributed by atoms with Gasteiger partial charge in [0.2, 0.25) is 5.78 Å². The molecule has 0 spiro atoms. The Morgan fingerprint density at radius 2 is 0.964 bits per heavy atom. The maximum atomic E-state index is 14.0. The quantitative estimate of drug-likeness (QED) is 0.0881. The average molecular weight is 891 g/mol. The number of carbonyl (C=O) groups excluding carboxylic acids is 1. The number of benzene rings is 4. The van der Waals surface area contributed by atoms with Crippen LogP contribution in [0.3, 0.4) is 0 Å². The van der Waals surface area contributed by atoms with Crippen molar-refractivity contribution in [2.75, 3.05) is 6.66 Å². The summed E-state index contributed by atoms with van der Waals surface area (Å²) >= 11 is -0.346. The summed E-state index contributed by atoms with van der Waals surface area (Å²) in [5.74, 6) is 30.2. The zero-order chi connectivity index (χ0) is 41.1. The van der Waals surface area contributed by atoms with E-state index in [1.54, 1.807) is 0 Å². The van der Waals surface area contributed by atoms with Gasteiger partial charge < -0.3 is 11.5 Å². The van der Waals surface area contributed by atoms with Gasteiger partial charge in [-0.3, -0.25) is 4.79 Å². The fourth-order valence-electron chi connectivity index (χ4n) is 4.89. The molecular weight excluding hydrogens is 854 g/mol. The molecule has 4 N–H and O–H groups in total. The number of aryl methyl sites for hydroxylation is 2. The van der Waals surface area contributed by atoms with Crippen molar-refractivity contribution in [3.8, 4) is 107 Å². The topological polar surface area (TPSA) is 69.1 Å². The molecule has 8 heteroatoms. The first kappa shape index (κ1) is 46.7. The molecule has 272 valence electrons. The molecule has 0 aromatic heterocycles. The average Bonchev–Trinajstić information content (AvgIpc) is 3.22. The van der Waals surface area contributed by atoms with E-state index in [2.05, 4.69) is 88.0 Å². The van der Waals surface area contributed by atoms with Crippen molar-refractivity contribution < 1.29 is 19.9 Å². The van der Waals surface area contributed by atoms with E-state index in [0.717, 1.165) is 32.9 Å². The van der Waals surface area contributed by atoms with Crippen molar-refractivity contribution in [3.05, 3.63) is 130 Å². The van der Waals surface area contributed by atoms with Crippen molar-refractivity contribution in [1.82, 2.24) is 0 Å². The third-order valence-electron chi connectivity index (χ3n) is 7.49. The molecule has 0 amide bonds. The van der Waals surface area contributed by atoms with Gasteiger partial charge in [-0.1, -0.05) is 72.8 Å². The second kappa shape index (κ2) is 27.2. The molecule has 0 heterocycles. The molecule has 0 saturated carbocycles. The predicted molar refractivity (Wildman–Crippen MR) is 239 cm³/mol. The molecular formula is C48H36Cl2N2OP2Ru+4. The van der Waals surface area contributed by atoms with Crippen molar-refractivity contribution >= 4 is 51.6 Å². The molecule has 56 heavy (non-hydrogen) atoms. The van der Waals surface area contributed by atoms with Crippen LogP contribution >= 0.6 is 35.2 Å². The van der Waals surface area contributed by atoms with Gasteiger partial charge in [-0.2, -0.15) is 0 Å². The van der Waals surface area contributed by atoms with E-state index in [4.69, 9.17) is 50.1 Å². The van der Waals surface area contributed by atoms with Crippen LogP contribution in [0.2, 0.25) is 0 Å². The van der Waals surface area contributed by atoms with Gasteiger partial charge in [-0.05, 0) is 95.9 Å². The Morgan fingerprint density at radius 3 is 1.38 bits per heavy atom. The Balaban J connectivity index is 0.000000468. The molecule has 4 aromatic carbocycles. The third kappa shape index (κ3) is 16.1. The van der Waals surface area contributed by atoms with Crippen molar-refractivity contribution in [2.24, 2.45) is 11.5 Å². The molecule has 4 aromatic rings. The molecule has 4 rings (SSSR count). The number of halogens is 2. The Kier molecular flexibility index (Phi) is 22.7. The number of hydrogen-bond donors (Lipinski definition) is 2. The van der Waals surface area contributed by atoms with Gasteiger partial charge in [0.15, 0.2) is 7.92 Å². The Bertz CT molecular complexity index is 2410. The van der Waals surface area contributed by atoms with E-state index in [9.17, 15) is 4.79 Å². The van der Waals surface area contributed by atoms with Gasteiger partial charge in [0.05, 0.1) is 23.5 Å². The van der Waals surface area contributed by atoms with E-state index >= 15 is 0 Å². The Morgan fingerprint density at radius 1 is 0.589 bits per heavy atom. The first-order valence-electron chi connectivity index (χ1n) is 16.5. The number of rotatable bonds is 7. The van der Waals surface area contributed by atoms with Gasteiger partial charge in [0.1, 0.15) is 29.9 Å². The number of hydrogen-bond acceptors (Lipinski definition) is 3. The summed E-state index contributed by atoms with van der Waals surface area (Å²) in [4.78, 5) is 14.0. The summed E-state index contributed by atoms with van der Waals surface area (Å²) in [6.07, 6.45) is 15.6. The summed E-state index contributed by atoms with van der Waals surface area (Å²) in [5, 5.41) is 1.66. The minimum absolute atomic E-state index is 0.124. The number of ketones is 1. The van der Waals surface area contributed by atoms with E-state index < -0.39 is 15.8 Å². The van der Waals surface area contributed by atoms with Crippen LogP contribution in [0.25, 0.3) is 0 Å². The van der Waals surface area contributed by atoms with Crippen LogP contribution in [0.15, 0.2) is 97.1 Å². The molecule has 0 saturated heterocycles. The maximum absolute atomic E-state index is 14.0. The normalized spacial score (nSPS) is 10.3. The van der Waals surface area contributed by atoms with E-state index in [1.165, 1.54) is 0 Å². The van der Waals surface area contributed by atoms with Crippen LogP contribution in [-0.4, -0.2) is 12.4 Å². The van der Waals surface area contributed by atoms with E-state index in [-0.39, 0.29) is 33.0 Å². The SMILES string of the molecule is C#CC#CC#C[PH+](C)c1cc(C)ccc1C(=O)c1ccc(C)cc1[PH+](C#CC#CC#C)C#CC#CC#C.NC(c1ccccc1)C(N)c1ccccc1.[Cl][Ru+2][Cl]. The standard InChI is InChI=1S/C34H18OP2.C14H16N2.2ClH.Ru/c1-7-10-13-16-23-36(6)32-26-28(4)19-21-30(32)34(35)31-22-20-29(5)27-33(31)37(24-17-14-11-8-2)25-18-15-12-9-3;15-13(11-7-3-1-4-8-11)14(16)12-9-5-2-6-10-12;;;/h1-3,19-22,26-27H,4-6H3;1-10,13-14H,15-16H2;2*1H;/q;;;;+4. The number of carbonyl (C=O) groups is 1. The monoisotopic (exact) mass is 890 g/mol. The number of terminal acetylenes is 3. The van der Waals surface area contributed by atoms with Crippen LogP contribution < -0.4 is 22.1 Å². The molecule has 0 bridgehead atoms. The van der Waals surface area contributed by atoms with Crippen molar-refractivity contribution in [3.63, 3.8) is 0 Å². The Labute approximate surface area is 351 Å². The number of nitrogens with two attached hydrogens (primary N) is 2. The zero-order valence-electron chi connectivity index (χ0n) is 30.8. The second-order valence-corrected chi connectivity index (χ2v) is 17.7. The van der Waals surface area contributed by atoms with Crippen LogP contribution in [0.1, 0.15) is 50.3 Å². The van der Waals surface area contributed by atoms with Crippen molar-refractivity contribution in [2.45, 2.75) is 25.9 Å². The molecule has 3 nitrogen and oxygen atoms in total. The summed E-state index contributed by atoms with van der Waals surface area (Å²) in [6.45, 7) is 5.96. The van der Waals surface area contributed by atoms with Crippen LogP contribution in [0.4, 0.5) is 0 Å². The predicted octanol–water partition coefficient (Wildman–Crippen LogP) is 7.40. The second-order valence-electron chi connectivity index (χ2n) is 11.3. The first-order valence-corrected chi connectivity index (χ1v) is 24.4. The van der Waals surface area contributed by atoms with Gasteiger partial charge in [0, 0.05) is 47.6 Å². The Hall–Kier alpha value is -5.43. The summed E-state index contributed by atoms with van der Waals surface area (Å²) in [7, 11) is 6.41. The van der Waals surface area contributed by atoms with Crippen molar-refractivity contribution in [1.29, 1.82) is 0 Å².